The van der Waals surface area contributed by atoms with E-state index in [0.717, 1.165) is 13.0 Å². The van der Waals surface area contributed by atoms with Crippen LogP contribution in [0.1, 0.15) is 17.4 Å². The number of hydrogen-bond acceptors (Lipinski definition) is 5. The molecule has 0 aliphatic carbocycles. The van der Waals surface area contributed by atoms with E-state index in [4.69, 9.17) is 8.94 Å². The molecule has 1 N–H and O–H groups in total. The van der Waals surface area contributed by atoms with Gasteiger partial charge >= 0.3 is 0 Å². The molecule has 4 rings (SSSR count). The molecule has 100 valence electrons. The van der Waals surface area contributed by atoms with Gasteiger partial charge < -0.3 is 14.3 Å². The summed E-state index contributed by atoms with van der Waals surface area (Å²) in [6, 6.07) is 11.9. The number of nitrogens with one attached hydrogen (secondary N) is 1. The second-order valence-electron chi connectivity index (χ2n) is 4.87. The van der Waals surface area contributed by atoms with Crippen molar-refractivity contribution in [3.8, 4) is 11.6 Å². The van der Waals surface area contributed by atoms with Crippen molar-refractivity contribution in [2.75, 3.05) is 11.9 Å². The minimum Gasteiger partial charge on any atom is -0.461 e. The summed E-state index contributed by atoms with van der Waals surface area (Å²) in [5.41, 5.74) is 2.47. The van der Waals surface area contributed by atoms with Crippen molar-refractivity contribution in [1.29, 1.82) is 0 Å². The average Bonchev–Trinajstić information content (AvgIpc) is 3.17. The van der Waals surface area contributed by atoms with E-state index in [1.165, 1.54) is 11.3 Å². The fourth-order valence-corrected chi connectivity index (χ4v) is 2.52. The van der Waals surface area contributed by atoms with Gasteiger partial charge in [-0.15, -0.1) is 0 Å². The summed E-state index contributed by atoms with van der Waals surface area (Å²) in [7, 11) is 0. The summed E-state index contributed by atoms with van der Waals surface area (Å²) in [6.07, 6.45) is 2.51. The van der Waals surface area contributed by atoms with Gasteiger partial charge in [0, 0.05) is 12.2 Å². The predicted molar refractivity (Wildman–Crippen MR) is 73.4 cm³/mol. The maximum atomic E-state index is 5.38. The molecule has 0 amide bonds. The highest BCUT2D eigenvalue weighted by atomic mass is 16.5. The van der Waals surface area contributed by atoms with Crippen LogP contribution < -0.4 is 5.32 Å². The molecule has 0 bridgehead atoms. The van der Waals surface area contributed by atoms with Crippen molar-refractivity contribution in [2.45, 2.75) is 12.3 Å². The summed E-state index contributed by atoms with van der Waals surface area (Å²) < 4.78 is 10.7. The minimum absolute atomic E-state index is 0.195. The molecule has 5 nitrogen and oxygen atoms in total. The van der Waals surface area contributed by atoms with Crippen LogP contribution in [0.4, 0.5) is 5.69 Å². The number of rotatable bonds is 2. The van der Waals surface area contributed by atoms with Gasteiger partial charge in [0.1, 0.15) is 0 Å². The predicted octanol–water partition coefficient (Wildman–Crippen LogP) is 3.08. The zero-order valence-electron chi connectivity index (χ0n) is 10.7. The molecule has 0 fully saturated rings. The number of hydrogen-bond donors (Lipinski definition) is 1. The standard InChI is InChI=1S/C15H13N3O2/c1-2-5-12-10(4-1)8-11(9-16-12)15-17-14(18-20-15)13-6-3-7-19-13/h1-7,11,16H,8-9H2. The number of benzene rings is 1. The second-order valence-corrected chi connectivity index (χ2v) is 4.87. The van der Waals surface area contributed by atoms with Crippen LogP contribution in [-0.4, -0.2) is 16.7 Å². The Morgan fingerprint density at radius 3 is 3.00 bits per heavy atom. The van der Waals surface area contributed by atoms with Gasteiger partial charge in [0.2, 0.25) is 11.7 Å². The van der Waals surface area contributed by atoms with Crippen molar-refractivity contribution in [3.05, 3.63) is 54.1 Å². The van der Waals surface area contributed by atoms with E-state index >= 15 is 0 Å². The number of anilines is 1. The normalized spacial score (nSPS) is 17.5. The number of para-hydroxylation sites is 1. The van der Waals surface area contributed by atoms with Crippen molar-refractivity contribution in [1.82, 2.24) is 10.1 Å². The Morgan fingerprint density at radius 2 is 2.10 bits per heavy atom. The van der Waals surface area contributed by atoms with Crippen molar-refractivity contribution >= 4 is 5.69 Å². The Hall–Kier alpha value is -2.56. The van der Waals surface area contributed by atoms with Gasteiger partial charge in [0.15, 0.2) is 5.76 Å². The van der Waals surface area contributed by atoms with Gasteiger partial charge in [-0.2, -0.15) is 4.98 Å². The highest BCUT2D eigenvalue weighted by molar-refractivity contribution is 5.54. The van der Waals surface area contributed by atoms with Crippen LogP contribution in [0.2, 0.25) is 0 Å². The van der Waals surface area contributed by atoms with E-state index in [0.29, 0.717) is 17.5 Å². The molecule has 20 heavy (non-hydrogen) atoms. The third-order valence-electron chi connectivity index (χ3n) is 3.56. The first-order valence-corrected chi connectivity index (χ1v) is 6.59. The smallest absolute Gasteiger partial charge is 0.238 e. The Labute approximate surface area is 115 Å². The summed E-state index contributed by atoms with van der Waals surface area (Å²) >= 11 is 0. The zero-order valence-corrected chi connectivity index (χ0v) is 10.7. The zero-order chi connectivity index (χ0) is 13.4. The lowest BCUT2D eigenvalue weighted by atomic mass is 9.94. The van der Waals surface area contributed by atoms with Crippen LogP contribution in [0.5, 0.6) is 0 Å². The van der Waals surface area contributed by atoms with Gasteiger partial charge in [-0.3, -0.25) is 0 Å². The fourth-order valence-electron chi connectivity index (χ4n) is 2.52. The molecule has 0 saturated carbocycles. The van der Waals surface area contributed by atoms with Gasteiger partial charge in [-0.05, 0) is 30.2 Å². The van der Waals surface area contributed by atoms with Crippen LogP contribution in [0.25, 0.3) is 11.6 Å². The Kier molecular flexibility index (Phi) is 2.55. The number of nitrogens with zero attached hydrogens (tertiary/aromatic N) is 2. The molecule has 3 aromatic rings. The number of aromatic nitrogens is 2. The summed E-state index contributed by atoms with van der Waals surface area (Å²) in [5, 5.41) is 7.39. The molecule has 5 heteroatoms. The topological polar surface area (TPSA) is 64.1 Å². The quantitative estimate of drug-likeness (QED) is 0.773. The molecule has 1 aliphatic heterocycles. The average molecular weight is 267 g/mol. The molecular weight excluding hydrogens is 254 g/mol. The molecule has 0 saturated heterocycles. The third kappa shape index (κ3) is 1.87. The Balaban J connectivity index is 1.60. The number of fused-ring (bicyclic) bond motifs is 1. The van der Waals surface area contributed by atoms with Crippen molar-refractivity contribution in [3.63, 3.8) is 0 Å². The van der Waals surface area contributed by atoms with E-state index in [1.807, 2.05) is 24.3 Å². The minimum atomic E-state index is 0.195. The first-order chi connectivity index (χ1) is 9.90. The van der Waals surface area contributed by atoms with E-state index in [2.05, 4.69) is 27.6 Å². The van der Waals surface area contributed by atoms with Crippen molar-refractivity contribution in [2.24, 2.45) is 0 Å². The molecule has 2 aromatic heterocycles. The van der Waals surface area contributed by atoms with Crippen molar-refractivity contribution < 1.29 is 8.94 Å². The molecule has 0 radical (unpaired) electrons. The monoisotopic (exact) mass is 267 g/mol. The van der Waals surface area contributed by atoms with E-state index in [1.54, 1.807) is 6.26 Å². The van der Waals surface area contributed by atoms with E-state index in [9.17, 15) is 0 Å². The SMILES string of the molecule is c1coc(-c2noc(C3CNc4ccccc4C3)n2)c1. The molecule has 3 heterocycles. The Morgan fingerprint density at radius 1 is 1.15 bits per heavy atom. The van der Waals surface area contributed by atoms with E-state index in [-0.39, 0.29) is 5.92 Å². The Bertz CT molecular complexity index is 718. The van der Waals surface area contributed by atoms with Crippen LogP contribution in [0.3, 0.4) is 0 Å². The van der Waals surface area contributed by atoms with Crippen LogP contribution in [0, 0.1) is 0 Å². The third-order valence-corrected chi connectivity index (χ3v) is 3.56. The first kappa shape index (κ1) is 11.3. The van der Waals surface area contributed by atoms with Gasteiger partial charge in [-0.25, -0.2) is 0 Å². The molecule has 1 atom stereocenters. The van der Waals surface area contributed by atoms with Gasteiger partial charge in [0.05, 0.1) is 12.2 Å². The summed E-state index contributed by atoms with van der Waals surface area (Å²) in [6.45, 7) is 0.802. The molecule has 1 aliphatic rings. The summed E-state index contributed by atoms with van der Waals surface area (Å²) in [5.74, 6) is 1.98. The maximum absolute atomic E-state index is 5.38. The molecule has 1 unspecified atom stereocenters. The molecule has 1 aromatic carbocycles. The van der Waals surface area contributed by atoms with Crippen LogP contribution in [-0.2, 0) is 6.42 Å². The second kappa shape index (κ2) is 4.52. The van der Waals surface area contributed by atoms with Gasteiger partial charge in [-0.1, -0.05) is 23.4 Å². The lowest BCUT2D eigenvalue weighted by Crippen LogP contribution is -2.21. The first-order valence-electron chi connectivity index (χ1n) is 6.59. The van der Waals surface area contributed by atoms with Crippen LogP contribution in [0.15, 0.2) is 51.6 Å². The highest BCUT2D eigenvalue weighted by Crippen LogP contribution is 2.30. The maximum Gasteiger partial charge on any atom is 0.238 e. The lowest BCUT2D eigenvalue weighted by Gasteiger charge is -2.23. The van der Waals surface area contributed by atoms with E-state index < -0.39 is 0 Å². The largest absolute Gasteiger partial charge is 0.461 e. The molecular formula is C15H13N3O2. The van der Waals surface area contributed by atoms with Gasteiger partial charge in [0.25, 0.3) is 0 Å². The summed E-state index contributed by atoms with van der Waals surface area (Å²) in [4.78, 5) is 4.44. The lowest BCUT2D eigenvalue weighted by molar-refractivity contribution is 0.353. The highest BCUT2D eigenvalue weighted by Gasteiger charge is 2.25. The molecule has 0 spiro atoms. The fraction of sp³-hybridized carbons (Fsp3) is 0.200. The van der Waals surface area contributed by atoms with Crippen LogP contribution >= 0.6 is 0 Å². The number of furan rings is 1.